The highest BCUT2D eigenvalue weighted by atomic mass is 79.9. The van der Waals surface area contributed by atoms with E-state index in [0.717, 1.165) is 30.3 Å². The van der Waals surface area contributed by atoms with Gasteiger partial charge in [-0.1, -0.05) is 28.1 Å². The summed E-state index contributed by atoms with van der Waals surface area (Å²) < 4.78 is 13.1. The molecule has 0 radical (unpaired) electrons. The van der Waals surface area contributed by atoms with Gasteiger partial charge in [0.2, 0.25) is 5.91 Å². The van der Waals surface area contributed by atoms with E-state index in [4.69, 9.17) is 0 Å². The van der Waals surface area contributed by atoms with Crippen LogP contribution in [0.5, 0.6) is 0 Å². The zero-order chi connectivity index (χ0) is 13.0. The molecule has 0 bridgehead atoms. The Kier molecular flexibility index (Phi) is 4.75. The Hall–Kier alpha value is -0.900. The summed E-state index contributed by atoms with van der Waals surface area (Å²) in [4.78, 5) is 14.2. The quantitative estimate of drug-likeness (QED) is 0.785. The number of alkyl halides is 1. The van der Waals surface area contributed by atoms with Crippen LogP contribution in [0.2, 0.25) is 0 Å². The van der Waals surface area contributed by atoms with Gasteiger partial charge in [-0.05, 0) is 37.0 Å². The normalized spacial score (nSPS) is 19.9. The monoisotopic (exact) mass is 313 g/mol. The molecule has 1 aromatic carbocycles. The lowest BCUT2D eigenvalue weighted by Crippen LogP contribution is -2.45. The molecule has 0 aliphatic carbocycles. The predicted molar refractivity (Wildman–Crippen MR) is 73.3 cm³/mol. The fourth-order valence-corrected chi connectivity index (χ4v) is 3.09. The highest BCUT2D eigenvalue weighted by molar-refractivity contribution is 9.09. The lowest BCUT2D eigenvalue weighted by molar-refractivity contribution is -0.133. The average Bonchev–Trinajstić information content (AvgIpc) is 2.38. The van der Waals surface area contributed by atoms with Gasteiger partial charge in [-0.3, -0.25) is 4.79 Å². The van der Waals surface area contributed by atoms with Gasteiger partial charge in [0, 0.05) is 17.9 Å². The molecule has 0 aromatic heterocycles. The first kappa shape index (κ1) is 13.5. The SMILES string of the molecule is O=C(Cc1cccc(F)c1)N1CCCCC1CBr. The van der Waals surface area contributed by atoms with E-state index in [0.29, 0.717) is 12.5 Å². The third-order valence-electron chi connectivity index (χ3n) is 3.37. The number of rotatable bonds is 3. The number of halogens is 2. The molecule has 98 valence electrons. The van der Waals surface area contributed by atoms with Gasteiger partial charge in [0.05, 0.1) is 6.42 Å². The minimum absolute atomic E-state index is 0.102. The van der Waals surface area contributed by atoms with E-state index in [1.54, 1.807) is 12.1 Å². The van der Waals surface area contributed by atoms with Crippen molar-refractivity contribution in [2.45, 2.75) is 31.7 Å². The third-order valence-corrected chi connectivity index (χ3v) is 4.12. The lowest BCUT2D eigenvalue weighted by atomic mass is 10.0. The van der Waals surface area contributed by atoms with E-state index in [1.807, 2.05) is 4.90 Å². The number of nitrogens with zero attached hydrogens (tertiary/aromatic N) is 1. The minimum Gasteiger partial charge on any atom is -0.339 e. The van der Waals surface area contributed by atoms with Gasteiger partial charge in [0.1, 0.15) is 5.82 Å². The lowest BCUT2D eigenvalue weighted by Gasteiger charge is -2.34. The number of benzene rings is 1. The largest absolute Gasteiger partial charge is 0.339 e. The molecule has 1 fully saturated rings. The molecule has 1 aromatic rings. The van der Waals surface area contributed by atoms with Gasteiger partial charge in [-0.25, -0.2) is 4.39 Å². The van der Waals surface area contributed by atoms with Crippen LogP contribution in [-0.4, -0.2) is 28.7 Å². The van der Waals surface area contributed by atoms with Crippen LogP contribution in [0.25, 0.3) is 0 Å². The summed E-state index contributed by atoms with van der Waals surface area (Å²) >= 11 is 3.46. The molecule has 1 atom stereocenters. The van der Waals surface area contributed by atoms with Gasteiger partial charge in [0.15, 0.2) is 0 Å². The third kappa shape index (κ3) is 3.31. The van der Waals surface area contributed by atoms with Crippen LogP contribution in [-0.2, 0) is 11.2 Å². The average molecular weight is 314 g/mol. The van der Waals surface area contributed by atoms with Crippen LogP contribution in [0.15, 0.2) is 24.3 Å². The first-order valence-electron chi connectivity index (χ1n) is 6.30. The Balaban J connectivity index is 2.02. The number of carbonyl (C=O) groups is 1. The second-order valence-corrected chi connectivity index (χ2v) is 5.35. The molecule has 1 heterocycles. The molecule has 2 nitrogen and oxygen atoms in total. The van der Waals surface area contributed by atoms with Gasteiger partial charge < -0.3 is 4.90 Å². The summed E-state index contributed by atoms with van der Waals surface area (Å²) in [5, 5.41) is 0.821. The number of likely N-dealkylation sites (tertiary alicyclic amines) is 1. The van der Waals surface area contributed by atoms with Crippen molar-refractivity contribution >= 4 is 21.8 Å². The molecule has 1 amide bonds. The Morgan fingerprint density at radius 2 is 2.28 bits per heavy atom. The number of carbonyl (C=O) groups excluding carboxylic acids is 1. The number of amides is 1. The highest BCUT2D eigenvalue weighted by Gasteiger charge is 2.25. The van der Waals surface area contributed by atoms with Crippen LogP contribution in [0.3, 0.4) is 0 Å². The second kappa shape index (κ2) is 6.32. The van der Waals surface area contributed by atoms with Crippen molar-refractivity contribution in [1.29, 1.82) is 0 Å². The molecule has 18 heavy (non-hydrogen) atoms. The van der Waals surface area contributed by atoms with Gasteiger partial charge >= 0.3 is 0 Å². The van der Waals surface area contributed by atoms with Crippen molar-refractivity contribution in [3.8, 4) is 0 Å². The molecule has 1 unspecified atom stereocenters. The van der Waals surface area contributed by atoms with E-state index >= 15 is 0 Å². The molecule has 2 rings (SSSR count). The van der Waals surface area contributed by atoms with Crippen LogP contribution >= 0.6 is 15.9 Å². The molecular formula is C14H17BrFNO. The smallest absolute Gasteiger partial charge is 0.227 e. The summed E-state index contributed by atoms with van der Waals surface area (Å²) in [5.41, 5.74) is 0.749. The zero-order valence-corrected chi connectivity index (χ0v) is 11.8. The highest BCUT2D eigenvalue weighted by Crippen LogP contribution is 2.20. The van der Waals surface area contributed by atoms with Crippen LogP contribution in [0, 0.1) is 5.82 Å². The van der Waals surface area contributed by atoms with Crippen molar-refractivity contribution in [2.75, 3.05) is 11.9 Å². The van der Waals surface area contributed by atoms with Gasteiger partial charge in [0.25, 0.3) is 0 Å². The fourth-order valence-electron chi connectivity index (χ4n) is 2.41. The molecule has 1 aliphatic rings. The maximum atomic E-state index is 13.1. The Morgan fingerprint density at radius 3 is 3.00 bits per heavy atom. The van der Waals surface area contributed by atoms with E-state index in [2.05, 4.69) is 15.9 Å². The summed E-state index contributed by atoms with van der Waals surface area (Å²) in [5.74, 6) is -0.180. The van der Waals surface area contributed by atoms with Gasteiger partial charge in [-0.2, -0.15) is 0 Å². The molecular weight excluding hydrogens is 297 g/mol. The first-order chi connectivity index (χ1) is 8.70. The van der Waals surface area contributed by atoms with Crippen LogP contribution in [0.4, 0.5) is 4.39 Å². The number of hydrogen-bond donors (Lipinski definition) is 0. The molecule has 1 aliphatic heterocycles. The van der Waals surface area contributed by atoms with E-state index in [1.165, 1.54) is 18.6 Å². The number of hydrogen-bond acceptors (Lipinski definition) is 1. The van der Waals surface area contributed by atoms with Crippen molar-refractivity contribution in [3.05, 3.63) is 35.6 Å². The summed E-state index contributed by atoms with van der Waals surface area (Å²) in [6.07, 6.45) is 3.60. The van der Waals surface area contributed by atoms with E-state index in [-0.39, 0.29) is 11.7 Å². The minimum atomic E-state index is -0.281. The van der Waals surface area contributed by atoms with Crippen molar-refractivity contribution in [2.24, 2.45) is 0 Å². The first-order valence-corrected chi connectivity index (χ1v) is 7.42. The van der Waals surface area contributed by atoms with Crippen LogP contribution in [0.1, 0.15) is 24.8 Å². The van der Waals surface area contributed by atoms with Crippen molar-refractivity contribution in [1.82, 2.24) is 4.90 Å². The Bertz CT molecular complexity index is 424. The van der Waals surface area contributed by atoms with E-state index < -0.39 is 0 Å². The van der Waals surface area contributed by atoms with E-state index in [9.17, 15) is 9.18 Å². The Labute approximate surface area is 115 Å². The standard InChI is InChI=1S/C14H17BrFNO/c15-10-13-6-1-2-7-17(13)14(18)9-11-4-3-5-12(16)8-11/h3-5,8,13H,1-2,6-7,9-10H2. The topological polar surface area (TPSA) is 20.3 Å². The summed E-state index contributed by atoms with van der Waals surface area (Å²) in [6, 6.07) is 6.57. The molecule has 0 N–H and O–H groups in total. The second-order valence-electron chi connectivity index (χ2n) is 4.70. The van der Waals surface area contributed by atoms with Crippen molar-refractivity contribution < 1.29 is 9.18 Å². The fraction of sp³-hybridized carbons (Fsp3) is 0.500. The Morgan fingerprint density at radius 1 is 1.44 bits per heavy atom. The number of piperidine rings is 1. The summed E-state index contributed by atoms with van der Waals surface area (Å²) in [6.45, 7) is 0.824. The molecule has 0 spiro atoms. The van der Waals surface area contributed by atoms with Crippen molar-refractivity contribution in [3.63, 3.8) is 0 Å². The van der Waals surface area contributed by atoms with Gasteiger partial charge in [-0.15, -0.1) is 0 Å². The van der Waals surface area contributed by atoms with Crippen LogP contribution < -0.4 is 0 Å². The predicted octanol–water partition coefficient (Wildman–Crippen LogP) is 3.14. The maximum absolute atomic E-state index is 13.1. The molecule has 0 saturated carbocycles. The molecule has 1 saturated heterocycles. The molecule has 4 heteroatoms. The maximum Gasteiger partial charge on any atom is 0.227 e. The zero-order valence-electron chi connectivity index (χ0n) is 10.2. The summed E-state index contributed by atoms with van der Waals surface area (Å²) in [7, 11) is 0.